The zero-order valence-electron chi connectivity index (χ0n) is 15.9. The third kappa shape index (κ3) is 3.11. The van der Waals surface area contributed by atoms with E-state index < -0.39 is 22.1 Å². The van der Waals surface area contributed by atoms with Crippen LogP contribution < -0.4 is 15.2 Å². The van der Waals surface area contributed by atoms with Gasteiger partial charge in [-0.05, 0) is 60.8 Å². The van der Waals surface area contributed by atoms with Gasteiger partial charge >= 0.3 is 6.03 Å². The van der Waals surface area contributed by atoms with Crippen molar-refractivity contribution in [2.75, 3.05) is 11.9 Å². The molecule has 2 amide bonds. The molecule has 10 heteroatoms. The van der Waals surface area contributed by atoms with Crippen molar-refractivity contribution >= 4 is 21.6 Å². The number of aryl methyl sites for hydroxylation is 2. The largest absolute Gasteiger partial charge is 0.469 e. The third-order valence-corrected chi connectivity index (χ3v) is 7.20. The summed E-state index contributed by atoms with van der Waals surface area (Å²) in [5, 5.41) is 22.1. The first-order valence-corrected chi connectivity index (χ1v) is 11.4. The maximum atomic E-state index is 13.0. The molecule has 9 nitrogen and oxygen atoms in total. The van der Waals surface area contributed by atoms with Gasteiger partial charge in [0.15, 0.2) is 9.92 Å². The van der Waals surface area contributed by atoms with Gasteiger partial charge in [0.1, 0.15) is 11.0 Å². The molecule has 0 unspecified atom stereocenters. The van der Waals surface area contributed by atoms with Crippen LogP contribution in [0.5, 0.6) is 5.88 Å². The SMILES string of the molecule is N[S@](=O)(=NC(=O)Nc1c2c(cc3c1CCC3)CCC2)c1cnn2c1O[C@H](CO)C2. The first-order valence-electron chi connectivity index (χ1n) is 9.82. The fourth-order valence-corrected chi connectivity index (χ4v) is 5.55. The van der Waals surface area contributed by atoms with E-state index >= 15 is 0 Å². The Labute approximate surface area is 168 Å². The summed E-state index contributed by atoms with van der Waals surface area (Å²) in [6.45, 7) is 0.131. The quantitative estimate of drug-likeness (QED) is 0.697. The van der Waals surface area contributed by atoms with Crippen LogP contribution in [0, 0.1) is 0 Å². The van der Waals surface area contributed by atoms with E-state index in [-0.39, 0.29) is 17.4 Å². The smallest absolute Gasteiger partial charge is 0.354 e. The van der Waals surface area contributed by atoms with E-state index in [9.17, 15) is 14.1 Å². The Kier molecular flexibility index (Phi) is 4.37. The van der Waals surface area contributed by atoms with Crippen LogP contribution in [0.3, 0.4) is 0 Å². The van der Waals surface area contributed by atoms with Crippen molar-refractivity contribution in [1.82, 2.24) is 9.78 Å². The molecule has 29 heavy (non-hydrogen) atoms. The van der Waals surface area contributed by atoms with E-state index in [4.69, 9.17) is 9.88 Å². The number of aliphatic hydroxyl groups excluding tert-OH is 1. The molecule has 1 aromatic carbocycles. The topological polar surface area (TPSA) is 132 Å². The van der Waals surface area contributed by atoms with Crippen LogP contribution in [0.2, 0.25) is 0 Å². The number of hydrogen-bond acceptors (Lipinski definition) is 5. The number of hydrogen-bond donors (Lipinski definition) is 3. The van der Waals surface area contributed by atoms with Gasteiger partial charge in [-0.1, -0.05) is 6.07 Å². The Morgan fingerprint density at radius 3 is 2.66 bits per heavy atom. The fourth-order valence-electron chi connectivity index (χ4n) is 4.56. The van der Waals surface area contributed by atoms with Crippen LogP contribution in [-0.4, -0.2) is 37.8 Å². The normalized spacial score (nSPS) is 21.1. The lowest BCUT2D eigenvalue weighted by atomic mass is 9.99. The number of fused-ring (bicyclic) bond motifs is 3. The van der Waals surface area contributed by atoms with Crippen molar-refractivity contribution in [2.45, 2.75) is 56.1 Å². The average molecular weight is 417 g/mol. The molecule has 1 aliphatic heterocycles. The number of aliphatic hydroxyl groups is 1. The number of nitrogens with two attached hydrogens (primary N) is 1. The Hall–Kier alpha value is -2.43. The molecule has 154 valence electrons. The second kappa shape index (κ2) is 6.82. The molecular weight excluding hydrogens is 394 g/mol. The number of amides is 2. The summed E-state index contributed by atoms with van der Waals surface area (Å²) in [7, 11) is -3.55. The van der Waals surface area contributed by atoms with Crippen molar-refractivity contribution in [2.24, 2.45) is 9.50 Å². The van der Waals surface area contributed by atoms with Crippen molar-refractivity contribution < 1.29 is 18.8 Å². The number of ether oxygens (including phenoxy) is 1. The van der Waals surface area contributed by atoms with E-state index in [0.29, 0.717) is 6.54 Å². The van der Waals surface area contributed by atoms with Crippen LogP contribution in [0.1, 0.15) is 35.1 Å². The molecule has 0 fully saturated rings. The van der Waals surface area contributed by atoms with E-state index in [1.165, 1.54) is 33.1 Å². The van der Waals surface area contributed by atoms with E-state index in [0.717, 1.165) is 44.2 Å². The molecule has 0 bridgehead atoms. The molecule has 2 aliphatic carbocycles. The van der Waals surface area contributed by atoms with Crippen molar-refractivity contribution in [3.05, 3.63) is 34.5 Å². The minimum atomic E-state index is -3.55. The van der Waals surface area contributed by atoms with Crippen LogP contribution in [-0.2, 0) is 42.1 Å². The molecule has 2 aromatic rings. The molecule has 3 aliphatic rings. The number of anilines is 1. The van der Waals surface area contributed by atoms with Crippen molar-refractivity contribution in [3.63, 3.8) is 0 Å². The lowest BCUT2D eigenvalue weighted by molar-refractivity contribution is 0.130. The maximum Gasteiger partial charge on any atom is 0.354 e. The molecule has 2 heterocycles. The molecular formula is C19H23N5O4S. The molecule has 1 aromatic heterocycles. The number of carbonyl (C=O) groups excluding carboxylic acids is 1. The van der Waals surface area contributed by atoms with E-state index in [1.807, 2.05) is 0 Å². The van der Waals surface area contributed by atoms with Gasteiger partial charge in [0, 0.05) is 5.69 Å². The fraction of sp³-hybridized carbons (Fsp3) is 0.474. The number of nitrogens with zero attached hydrogens (tertiary/aromatic N) is 3. The second-order valence-electron chi connectivity index (χ2n) is 7.74. The highest BCUT2D eigenvalue weighted by atomic mass is 32.2. The lowest BCUT2D eigenvalue weighted by Crippen LogP contribution is -2.21. The summed E-state index contributed by atoms with van der Waals surface area (Å²) in [6.07, 6.45) is 6.84. The third-order valence-electron chi connectivity index (χ3n) is 5.86. The number of urea groups is 1. The zero-order chi connectivity index (χ0) is 20.2. The Morgan fingerprint density at radius 1 is 1.31 bits per heavy atom. The second-order valence-corrected chi connectivity index (χ2v) is 9.50. The lowest BCUT2D eigenvalue weighted by Gasteiger charge is -2.15. The summed E-state index contributed by atoms with van der Waals surface area (Å²) in [5.41, 5.74) is 5.73. The van der Waals surface area contributed by atoms with Gasteiger partial charge in [0.05, 0.1) is 19.3 Å². The Bertz CT molecular complexity index is 1100. The summed E-state index contributed by atoms with van der Waals surface area (Å²) in [5.74, 6) is 0.189. The molecule has 0 saturated carbocycles. The van der Waals surface area contributed by atoms with Gasteiger partial charge in [0.2, 0.25) is 5.88 Å². The van der Waals surface area contributed by atoms with Gasteiger partial charge in [0.25, 0.3) is 0 Å². The number of aromatic nitrogens is 2. The van der Waals surface area contributed by atoms with Gasteiger partial charge in [-0.15, -0.1) is 4.36 Å². The number of rotatable bonds is 3. The van der Waals surface area contributed by atoms with Crippen molar-refractivity contribution in [3.8, 4) is 5.88 Å². The van der Waals surface area contributed by atoms with Gasteiger partial charge in [-0.3, -0.25) is 0 Å². The molecule has 2 atom stereocenters. The predicted octanol–water partition coefficient (Wildman–Crippen LogP) is 1.55. The molecule has 5 rings (SSSR count). The number of carbonyl (C=O) groups is 1. The zero-order valence-corrected chi connectivity index (χ0v) is 16.7. The first-order chi connectivity index (χ1) is 14.0. The standard InChI is InChI=1S/C19H23N5O4S/c20-29(27,16-8-21-24-9-13(10-25)28-18(16)24)23-19(26)22-17-14-5-1-3-11(14)7-12-4-2-6-15(12)17/h7-8,13,25H,1-6,9-10H2,(H3,20,22,23,26,27)/t13-,29-/m0/s1. The summed E-state index contributed by atoms with van der Waals surface area (Å²) in [4.78, 5) is 12.8. The van der Waals surface area contributed by atoms with Crippen LogP contribution in [0.4, 0.5) is 10.5 Å². The molecule has 4 N–H and O–H groups in total. The molecule has 0 saturated heterocycles. The Balaban J connectivity index is 1.46. The summed E-state index contributed by atoms with van der Waals surface area (Å²) >= 11 is 0. The van der Waals surface area contributed by atoms with E-state index in [1.54, 1.807) is 0 Å². The van der Waals surface area contributed by atoms with Crippen molar-refractivity contribution in [1.29, 1.82) is 0 Å². The first kappa shape index (κ1) is 18.6. The minimum absolute atomic E-state index is 0.0621. The highest BCUT2D eigenvalue weighted by molar-refractivity contribution is 7.91. The van der Waals surface area contributed by atoms with Gasteiger partial charge < -0.3 is 15.2 Å². The van der Waals surface area contributed by atoms with Gasteiger partial charge in [-0.2, -0.15) is 5.10 Å². The highest BCUT2D eigenvalue weighted by Gasteiger charge is 2.31. The number of nitrogens with one attached hydrogen (secondary N) is 1. The maximum absolute atomic E-state index is 13.0. The van der Waals surface area contributed by atoms with Crippen LogP contribution in [0.25, 0.3) is 0 Å². The summed E-state index contributed by atoms with van der Waals surface area (Å²) < 4.78 is 23.8. The molecule has 0 radical (unpaired) electrons. The molecule has 0 spiro atoms. The van der Waals surface area contributed by atoms with Crippen LogP contribution >= 0.6 is 0 Å². The van der Waals surface area contributed by atoms with Gasteiger partial charge in [-0.25, -0.2) is 18.8 Å². The minimum Gasteiger partial charge on any atom is -0.469 e. The summed E-state index contributed by atoms with van der Waals surface area (Å²) in [6, 6.07) is 1.54. The monoisotopic (exact) mass is 417 g/mol. The van der Waals surface area contributed by atoms with E-state index in [2.05, 4.69) is 20.8 Å². The van der Waals surface area contributed by atoms with Crippen LogP contribution in [0.15, 0.2) is 21.5 Å². The predicted molar refractivity (Wildman–Crippen MR) is 106 cm³/mol. The highest BCUT2D eigenvalue weighted by Crippen LogP contribution is 2.38. The average Bonchev–Trinajstić information content (AvgIpc) is 3.43. The number of benzene rings is 1. The Morgan fingerprint density at radius 2 is 2.00 bits per heavy atom.